The molecule has 0 saturated carbocycles. The topological polar surface area (TPSA) is 129 Å². The van der Waals surface area contributed by atoms with Crippen LogP contribution in [0.3, 0.4) is 0 Å². The number of hydrogen-bond donors (Lipinski definition) is 3. The summed E-state index contributed by atoms with van der Waals surface area (Å²) in [5, 5.41) is 17.7. The van der Waals surface area contributed by atoms with E-state index in [0.29, 0.717) is 24.6 Å². The van der Waals surface area contributed by atoms with Gasteiger partial charge in [-0.25, -0.2) is 0 Å². The van der Waals surface area contributed by atoms with E-state index >= 15 is 0 Å². The van der Waals surface area contributed by atoms with Crippen LogP contribution in [0, 0.1) is 0 Å². The summed E-state index contributed by atoms with van der Waals surface area (Å²) in [5.74, 6) is -3.16. The molecule has 0 spiro atoms. The van der Waals surface area contributed by atoms with E-state index < -0.39 is 39.6 Å². The fraction of sp³-hybridized carbons (Fsp3) is 0.900. The van der Waals surface area contributed by atoms with Gasteiger partial charge in [0.05, 0.1) is 0 Å². The van der Waals surface area contributed by atoms with Crippen molar-refractivity contribution in [3.63, 3.8) is 0 Å². The van der Waals surface area contributed by atoms with Gasteiger partial charge in [-0.1, -0.05) is 0 Å². The first-order chi connectivity index (χ1) is 13.4. The van der Waals surface area contributed by atoms with E-state index in [9.17, 15) is 32.8 Å². The van der Waals surface area contributed by atoms with Gasteiger partial charge in [0.2, 0.25) is 0 Å². The van der Waals surface area contributed by atoms with Crippen LogP contribution in [0.15, 0.2) is 0 Å². The van der Waals surface area contributed by atoms with E-state index in [-0.39, 0.29) is 0 Å². The van der Waals surface area contributed by atoms with Gasteiger partial charge in [0.1, 0.15) is 0 Å². The van der Waals surface area contributed by atoms with Crippen LogP contribution < -0.4 is 0 Å². The van der Waals surface area contributed by atoms with Crippen molar-refractivity contribution < 1.29 is 32.8 Å². The molecule has 0 fully saturated rings. The third-order valence-electron chi connectivity index (χ3n) is 6.35. The molecule has 7 nitrogen and oxygen atoms in total. The molecule has 0 radical (unpaired) electrons. The Balaban J connectivity index is 7.10. The zero-order valence-corrected chi connectivity index (χ0v) is 20.2. The van der Waals surface area contributed by atoms with Crippen LogP contribution in [0.1, 0.15) is 79.1 Å². The number of unbranched alkanes of at least 4 members (excludes halogenated alkanes) is 4. The van der Waals surface area contributed by atoms with Gasteiger partial charge >= 0.3 is 176 Å². The summed E-state index contributed by atoms with van der Waals surface area (Å²) < 4.78 is 34.1. The average Bonchev–Trinajstić information content (AvgIpc) is 2.64. The molecule has 0 aliphatic rings. The molecule has 0 aromatic carbocycles. The number of carboxylic acids is 2. The first-order valence-corrected chi connectivity index (χ1v) is 15.4. The minimum atomic E-state index is -5.08. The number of carboxylic acid groups (broad SMARTS) is 2. The monoisotopic (exact) mass is 456 g/mol. The van der Waals surface area contributed by atoms with E-state index in [1.165, 1.54) is 0 Å². The number of hydrogen-bond acceptors (Lipinski definition) is 4. The van der Waals surface area contributed by atoms with Crippen molar-refractivity contribution in [2.45, 2.75) is 90.0 Å². The van der Waals surface area contributed by atoms with Crippen molar-refractivity contribution in [3.8, 4) is 0 Å². The summed E-state index contributed by atoms with van der Waals surface area (Å²) in [5.41, 5.74) is -1.58. The molecule has 174 valence electrons. The van der Waals surface area contributed by atoms with Crippen molar-refractivity contribution in [2.24, 2.45) is 0 Å². The molecule has 3 N–H and O–H groups in total. The Bertz CT molecular complexity index is 589. The number of carbonyl (C=O) groups is 2. The summed E-state index contributed by atoms with van der Waals surface area (Å²) in [6, 6.07) is 0. The molecule has 0 aromatic heterocycles. The minimum absolute atomic E-state index is 0.568. The molecule has 0 aromatic rings. The Morgan fingerprint density at radius 2 is 1.03 bits per heavy atom. The van der Waals surface area contributed by atoms with Gasteiger partial charge < -0.3 is 0 Å². The third-order valence-corrected chi connectivity index (χ3v) is 15.9. The summed E-state index contributed by atoms with van der Waals surface area (Å²) in [7, 11) is -5.08. The molecule has 0 amide bonds. The Kier molecular flexibility index (Phi) is 11.9. The second-order valence-corrected chi connectivity index (χ2v) is 16.5. The molecule has 2 unspecified atom stereocenters. The summed E-state index contributed by atoms with van der Waals surface area (Å²) in [6.07, 6.45) is 8.47. The zero-order valence-electron chi connectivity index (χ0n) is 18.5. The number of rotatable bonds is 17. The molecule has 0 saturated heterocycles. The van der Waals surface area contributed by atoms with Crippen molar-refractivity contribution in [2.75, 3.05) is 24.6 Å². The van der Waals surface area contributed by atoms with Gasteiger partial charge in [-0.15, -0.1) is 0 Å². The van der Waals surface area contributed by atoms with E-state index in [1.54, 1.807) is 0 Å². The molecule has 29 heavy (non-hydrogen) atoms. The molecule has 9 heteroatoms. The third kappa shape index (κ3) is 7.18. The van der Waals surface area contributed by atoms with E-state index in [0.717, 1.165) is 51.4 Å². The molecule has 0 heterocycles. The van der Waals surface area contributed by atoms with Crippen LogP contribution >= 0.6 is 6.60 Å². The molecule has 0 rings (SSSR count). The first-order valence-electron chi connectivity index (χ1n) is 10.9. The van der Waals surface area contributed by atoms with Crippen molar-refractivity contribution in [1.29, 1.82) is 0 Å². The predicted octanol–water partition coefficient (Wildman–Crippen LogP) is 4.53. The molecule has 0 aliphatic carbocycles. The fourth-order valence-corrected chi connectivity index (χ4v) is 15.7. The predicted molar refractivity (Wildman–Crippen MR) is 120 cm³/mol. The van der Waals surface area contributed by atoms with Gasteiger partial charge in [-0.2, -0.15) is 0 Å². The Labute approximate surface area is 176 Å². The van der Waals surface area contributed by atoms with Crippen LogP contribution in [0.5, 0.6) is 0 Å². The quantitative estimate of drug-likeness (QED) is 0.216. The van der Waals surface area contributed by atoms with Crippen LogP contribution in [-0.2, 0) is 19.7 Å². The average molecular weight is 457 g/mol. The van der Waals surface area contributed by atoms with Crippen molar-refractivity contribution in [3.05, 3.63) is 0 Å². The summed E-state index contributed by atoms with van der Waals surface area (Å²) in [6.45, 7) is 4.60. The van der Waals surface area contributed by atoms with Crippen LogP contribution in [0.2, 0.25) is 0 Å². The standard InChI is InChI=1S/C20H41O7PS/c1-5-9-13-28(14-10-6-2,15-11-7-3,16-12-8-4)17(19(21)22)18(20(23)24)29(25,26)27/h17-18H,5-16H2,1-4H3,(H,21,22)(H,23,24)(H,25,26,27). The van der Waals surface area contributed by atoms with Crippen LogP contribution in [-0.4, -0.2) is 70.7 Å². The SMILES string of the molecule is CCCCP(CCCC)(CCCC)(CCCC)C(C(=O)O)C(C(=O)O)S(=O)(=O)O. The zero-order chi connectivity index (χ0) is 22.7. The molecule has 2 atom stereocenters. The van der Waals surface area contributed by atoms with Gasteiger partial charge in [0.25, 0.3) is 0 Å². The second-order valence-electron chi connectivity index (χ2n) is 8.44. The van der Waals surface area contributed by atoms with Gasteiger partial charge in [-0.3, -0.25) is 0 Å². The van der Waals surface area contributed by atoms with Gasteiger partial charge in [0, 0.05) is 0 Å². The number of aliphatic carboxylic acids is 2. The van der Waals surface area contributed by atoms with Gasteiger partial charge in [0.15, 0.2) is 0 Å². The molecular formula is C20H41O7PS. The Morgan fingerprint density at radius 1 is 0.724 bits per heavy atom. The molecule has 0 bridgehead atoms. The second kappa shape index (κ2) is 12.2. The van der Waals surface area contributed by atoms with Gasteiger partial charge in [-0.05, 0) is 0 Å². The van der Waals surface area contributed by atoms with Crippen LogP contribution in [0.25, 0.3) is 0 Å². The first kappa shape index (κ1) is 28.3. The maximum absolute atomic E-state index is 12.6. The maximum atomic E-state index is 12.6. The normalized spacial score (nSPS) is 16.0. The molecule has 0 aliphatic heterocycles. The van der Waals surface area contributed by atoms with E-state index in [4.69, 9.17) is 0 Å². The van der Waals surface area contributed by atoms with Crippen LogP contribution in [0.4, 0.5) is 0 Å². The van der Waals surface area contributed by atoms with Crippen molar-refractivity contribution >= 4 is 28.7 Å². The Hall–Kier alpha value is -0.720. The van der Waals surface area contributed by atoms with Crippen molar-refractivity contribution in [1.82, 2.24) is 0 Å². The Morgan fingerprint density at radius 3 is 1.21 bits per heavy atom. The van der Waals surface area contributed by atoms with E-state index in [1.807, 2.05) is 27.7 Å². The summed E-state index contributed by atoms with van der Waals surface area (Å²) >= 11 is 0. The molecular weight excluding hydrogens is 415 g/mol. The van der Waals surface area contributed by atoms with E-state index in [2.05, 4.69) is 0 Å². The summed E-state index contributed by atoms with van der Waals surface area (Å²) in [4.78, 5) is 24.6. The fourth-order valence-electron chi connectivity index (χ4n) is 4.82.